The van der Waals surface area contributed by atoms with Crippen LogP contribution in [0.4, 0.5) is 0 Å². The van der Waals surface area contributed by atoms with Crippen LogP contribution in [0.2, 0.25) is 0 Å². The zero-order valence-electron chi connectivity index (χ0n) is 10.4. The molecule has 0 spiro atoms. The van der Waals surface area contributed by atoms with Gasteiger partial charge in [-0.2, -0.15) is 5.10 Å². The van der Waals surface area contributed by atoms with Crippen LogP contribution in [0.15, 0.2) is 36.7 Å². The van der Waals surface area contributed by atoms with Crippen LogP contribution in [-0.2, 0) is 13.1 Å². The second-order valence-electron chi connectivity index (χ2n) is 3.82. The number of benzene rings is 1. The summed E-state index contributed by atoms with van der Waals surface area (Å²) in [5, 5.41) is 4.19. The highest BCUT2D eigenvalue weighted by molar-refractivity contribution is 5.39. The molecule has 5 heteroatoms. The van der Waals surface area contributed by atoms with Gasteiger partial charge in [-0.25, -0.2) is 0 Å². The molecule has 0 bridgehead atoms. The Bertz CT molecular complexity index is 496. The van der Waals surface area contributed by atoms with Gasteiger partial charge in [0.15, 0.2) is 11.5 Å². The van der Waals surface area contributed by atoms with Gasteiger partial charge in [0, 0.05) is 18.3 Å². The molecule has 0 fully saturated rings. The molecule has 1 heterocycles. The molecule has 0 aliphatic heterocycles. The molecule has 0 unspecified atom stereocenters. The van der Waals surface area contributed by atoms with Crippen molar-refractivity contribution < 1.29 is 9.47 Å². The SMILES string of the molecule is COc1ccccc1OCCn1cc(CN)cn1. The lowest BCUT2D eigenvalue weighted by Crippen LogP contribution is -2.09. The van der Waals surface area contributed by atoms with E-state index in [2.05, 4.69) is 5.10 Å². The molecule has 0 aliphatic carbocycles. The third-order valence-electron chi connectivity index (χ3n) is 2.57. The summed E-state index contributed by atoms with van der Waals surface area (Å²) < 4.78 is 12.7. The highest BCUT2D eigenvalue weighted by Gasteiger charge is 2.02. The molecule has 2 aromatic rings. The Kier molecular flexibility index (Phi) is 4.20. The fourth-order valence-electron chi connectivity index (χ4n) is 1.62. The predicted molar refractivity (Wildman–Crippen MR) is 68.6 cm³/mol. The van der Waals surface area contributed by atoms with Crippen molar-refractivity contribution in [3.8, 4) is 11.5 Å². The van der Waals surface area contributed by atoms with Crippen molar-refractivity contribution in [2.45, 2.75) is 13.1 Å². The lowest BCUT2D eigenvalue weighted by Gasteiger charge is -2.10. The minimum absolute atomic E-state index is 0.507. The molecule has 0 saturated heterocycles. The van der Waals surface area contributed by atoms with Gasteiger partial charge < -0.3 is 15.2 Å². The van der Waals surface area contributed by atoms with Crippen LogP contribution in [0.3, 0.4) is 0 Å². The van der Waals surface area contributed by atoms with Crippen molar-refractivity contribution in [1.29, 1.82) is 0 Å². The van der Waals surface area contributed by atoms with Gasteiger partial charge in [0.2, 0.25) is 0 Å². The highest BCUT2D eigenvalue weighted by Crippen LogP contribution is 2.25. The zero-order valence-corrected chi connectivity index (χ0v) is 10.4. The molecule has 1 aromatic heterocycles. The van der Waals surface area contributed by atoms with Gasteiger partial charge in [-0.15, -0.1) is 0 Å². The summed E-state index contributed by atoms with van der Waals surface area (Å²) in [4.78, 5) is 0. The number of ether oxygens (including phenoxy) is 2. The van der Waals surface area contributed by atoms with Crippen molar-refractivity contribution in [2.75, 3.05) is 13.7 Å². The largest absolute Gasteiger partial charge is 0.493 e. The molecule has 0 atom stereocenters. The zero-order chi connectivity index (χ0) is 12.8. The smallest absolute Gasteiger partial charge is 0.161 e. The number of methoxy groups -OCH3 is 1. The molecule has 0 radical (unpaired) electrons. The van der Waals surface area contributed by atoms with Crippen LogP contribution in [-0.4, -0.2) is 23.5 Å². The average molecular weight is 247 g/mol. The topological polar surface area (TPSA) is 62.3 Å². The van der Waals surface area contributed by atoms with Crippen molar-refractivity contribution in [3.05, 3.63) is 42.2 Å². The summed E-state index contributed by atoms with van der Waals surface area (Å²) in [6.45, 7) is 1.72. The Morgan fingerprint density at radius 1 is 1.28 bits per heavy atom. The maximum Gasteiger partial charge on any atom is 0.161 e. The fourth-order valence-corrected chi connectivity index (χ4v) is 1.62. The van der Waals surface area contributed by atoms with E-state index in [0.717, 1.165) is 17.1 Å². The van der Waals surface area contributed by atoms with E-state index in [1.807, 2.05) is 35.1 Å². The third-order valence-corrected chi connectivity index (χ3v) is 2.57. The Balaban J connectivity index is 1.88. The predicted octanol–water partition coefficient (Wildman–Crippen LogP) is 1.43. The monoisotopic (exact) mass is 247 g/mol. The molecular weight excluding hydrogens is 230 g/mol. The fraction of sp³-hybridized carbons (Fsp3) is 0.308. The van der Waals surface area contributed by atoms with E-state index < -0.39 is 0 Å². The van der Waals surface area contributed by atoms with Gasteiger partial charge in [-0.05, 0) is 12.1 Å². The van der Waals surface area contributed by atoms with Crippen molar-refractivity contribution >= 4 is 0 Å². The first-order valence-electron chi connectivity index (χ1n) is 5.80. The van der Waals surface area contributed by atoms with Gasteiger partial charge in [0.05, 0.1) is 19.9 Å². The van der Waals surface area contributed by atoms with Crippen LogP contribution >= 0.6 is 0 Å². The number of hydrogen-bond acceptors (Lipinski definition) is 4. The Hall–Kier alpha value is -2.01. The maximum absolute atomic E-state index is 5.66. The first-order valence-corrected chi connectivity index (χ1v) is 5.80. The van der Waals surface area contributed by atoms with Crippen LogP contribution in [0.5, 0.6) is 11.5 Å². The van der Waals surface area contributed by atoms with E-state index >= 15 is 0 Å². The van der Waals surface area contributed by atoms with Crippen LogP contribution < -0.4 is 15.2 Å². The minimum Gasteiger partial charge on any atom is -0.493 e. The van der Waals surface area contributed by atoms with Crippen LogP contribution in [0.1, 0.15) is 5.56 Å². The second kappa shape index (κ2) is 6.07. The van der Waals surface area contributed by atoms with Gasteiger partial charge in [0.1, 0.15) is 6.61 Å². The van der Waals surface area contributed by atoms with Gasteiger partial charge in [0.25, 0.3) is 0 Å². The van der Waals surface area contributed by atoms with E-state index in [-0.39, 0.29) is 0 Å². The molecule has 18 heavy (non-hydrogen) atoms. The standard InChI is InChI=1S/C13H17N3O2/c1-17-12-4-2-3-5-13(12)18-7-6-16-10-11(8-14)9-15-16/h2-5,9-10H,6-8,14H2,1H3. The van der Waals surface area contributed by atoms with Crippen LogP contribution in [0.25, 0.3) is 0 Å². The number of aromatic nitrogens is 2. The summed E-state index contributed by atoms with van der Waals surface area (Å²) in [6, 6.07) is 7.58. The first kappa shape index (κ1) is 12.4. The van der Waals surface area contributed by atoms with Gasteiger partial charge in [-0.3, -0.25) is 4.68 Å². The number of nitrogens with zero attached hydrogens (tertiary/aromatic N) is 2. The van der Waals surface area contributed by atoms with E-state index in [9.17, 15) is 0 Å². The van der Waals surface area contributed by atoms with Crippen molar-refractivity contribution in [3.63, 3.8) is 0 Å². The van der Waals surface area contributed by atoms with Crippen LogP contribution in [0, 0.1) is 0 Å². The molecule has 96 valence electrons. The summed E-state index contributed by atoms with van der Waals surface area (Å²) >= 11 is 0. The van der Waals surface area contributed by atoms with Gasteiger partial charge in [-0.1, -0.05) is 12.1 Å². The molecule has 2 N–H and O–H groups in total. The Labute approximate surface area is 106 Å². The molecule has 0 saturated carbocycles. The lowest BCUT2D eigenvalue weighted by atomic mass is 10.3. The van der Waals surface area contributed by atoms with E-state index in [1.165, 1.54) is 0 Å². The summed E-state index contributed by atoms with van der Waals surface area (Å²) in [5.41, 5.74) is 6.54. The molecule has 5 nitrogen and oxygen atoms in total. The van der Waals surface area contributed by atoms with Gasteiger partial charge >= 0.3 is 0 Å². The number of nitrogens with two attached hydrogens (primary N) is 1. The third kappa shape index (κ3) is 3.01. The number of para-hydroxylation sites is 2. The Morgan fingerprint density at radius 3 is 2.72 bits per heavy atom. The Morgan fingerprint density at radius 2 is 2.06 bits per heavy atom. The molecule has 1 aromatic carbocycles. The normalized spacial score (nSPS) is 10.3. The quantitative estimate of drug-likeness (QED) is 0.838. The molecule has 2 rings (SSSR count). The van der Waals surface area contributed by atoms with Crippen molar-refractivity contribution in [1.82, 2.24) is 9.78 Å². The number of rotatable bonds is 6. The van der Waals surface area contributed by atoms with E-state index in [4.69, 9.17) is 15.2 Å². The summed E-state index contributed by atoms with van der Waals surface area (Å²) in [5.74, 6) is 1.48. The lowest BCUT2D eigenvalue weighted by molar-refractivity contribution is 0.274. The first-order chi connectivity index (χ1) is 8.83. The number of hydrogen-bond donors (Lipinski definition) is 1. The summed E-state index contributed by atoms with van der Waals surface area (Å²) in [6.07, 6.45) is 3.69. The van der Waals surface area contributed by atoms with Crippen molar-refractivity contribution in [2.24, 2.45) is 5.73 Å². The van der Waals surface area contributed by atoms with E-state index in [1.54, 1.807) is 13.3 Å². The molecule has 0 amide bonds. The molecule has 0 aliphatic rings. The maximum atomic E-state index is 5.66. The second-order valence-corrected chi connectivity index (χ2v) is 3.82. The summed E-state index contributed by atoms with van der Waals surface area (Å²) in [7, 11) is 1.63. The van der Waals surface area contributed by atoms with E-state index in [0.29, 0.717) is 19.7 Å². The highest BCUT2D eigenvalue weighted by atomic mass is 16.5. The minimum atomic E-state index is 0.507. The average Bonchev–Trinajstić information content (AvgIpc) is 2.87. The molecular formula is C13H17N3O2.